The summed E-state index contributed by atoms with van der Waals surface area (Å²) < 4.78 is 0. The van der Waals surface area contributed by atoms with Crippen LogP contribution in [0, 0.1) is 0 Å². The molecule has 0 bridgehead atoms. The van der Waals surface area contributed by atoms with Gasteiger partial charge in [-0.1, -0.05) is 170 Å². The fraction of sp³-hybridized carbons (Fsp3) is 0.0682. The average Bonchev–Trinajstić information content (AvgIpc) is 3.12. The van der Waals surface area contributed by atoms with E-state index in [-0.39, 0.29) is 12.1 Å². The molecule has 8 aromatic carbocycles. The van der Waals surface area contributed by atoms with Gasteiger partial charge in [-0.25, -0.2) is 0 Å². The van der Waals surface area contributed by atoms with E-state index in [9.17, 15) is 0 Å². The SMILES string of the molecule is CC(=NC(c1cccc2ccccc12)c1cccc2ccccc12)NC(c1cccc2ccccc12)c1cccc2ccccc12. The molecule has 0 aliphatic rings. The molecule has 8 rings (SSSR count). The summed E-state index contributed by atoms with van der Waals surface area (Å²) in [6.07, 6.45) is 0. The van der Waals surface area contributed by atoms with Gasteiger partial charge >= 0.3 is 0 Å². The van der Waals surface area contributed by atoms with Gasteiger partial charge in [-0.05, 0) is 72.3 Å². The number of fused-ring (bicyclic) bond motifs is 4. The van der Waals surface area contributed by atoms with E-state index in [1.54, 1.807) is 0 Å². The predicted octanol–water partition coefficient (Wildman–Crippen LogP) is 11.2. The fourth-order valence-electron chi connectivity index (χ4n) is 7.05. The van der Waals surface area contributed by atoms with E-state index >= 15 is 0 Å². The summed E-state index contributed by atoms with van der Waals surface area (Å²) in [5.74, 6) is 0.886. The van der Waals surface area contributed by atoms with Crippen LogP contribution in [0.4, 0.5) is 0 Å². The van der Waals surface area contributed by atoms with Crippen molar-refractivity contribution in [2.24, 2.45) is 4.99 Å². The molecule has 8 aromatic rings. The van der Waals surface area contributed by atoms with Crippen LogP contribution < -0.4 is 5.32 Å². The molecule has 46 heavy (non-hydrogen) atoms. The number of rotatable bonds is 6. The fourth-order valence-corrected chi connectivity index (χ4v) is 7.05. The van der Waals surface area contributed by atoms with Crippen LogP contribution in [-0.2, 0) is 0 Å². The van der Waals surface area contributed by atoms with Crippen molar-refractivity contribution in [3.63, 3.8) is 0 Å². The molecule has 1 N–H and O–H groups in total. The van der Waals surface area contributed by atoms with E-state index in [0.717, 1.165) is 5.84 Å². The lowest BCUT2D eigenvalue weighted by Crippen LogP contribution is -2.28. The summed E-state index contributed by atoms with van der Waals surface area (Å²) in [5.41, 5.74) is 4.86. The Kier molecular flexibility index (Phi) is 7.24. The number of amidine groups is 1. The molecule has 0 aromatic heterocycles. The number of hydrogen-bond acceptors (Lipinski definition) is 1. The van der Waals surface area contributed by atoms with Crippen molar-refractivity contribution in [2.75, 3.05) is 0 Å². The van der Waals surface area contributed by atoms with E-state index in [1.807, 2.05) is 0 Å². The smallest absolute Gasteiger partial charge is 0.103 e. The molecular weight excluding hydrogens is 556 g/mol. The first kappa shape index (κ1) is 27.8. The molecule has 220 valence electrons. The normalized spacial score (nSPS) is 12.1. The molecule has 2 heteroatoms. The van der Waals surface area contributed by atoms with Crippen LogP contribution in [0.15, 0.2) is 175 Å². The van der Waals surface area contributed by atoms with E-state index in [4.69, 9.17) is 4.99 Å². The maximum absolute atomic E-state index is 5.57. The van der Waals surface area contributed by atoms with Gasteiger partial charge in [0.1, 0.15) is 6.04 Å². The monoisotopic (exact) mass is 590 g/mol. The van der Waals surface area contributed by atoms with Gasteiger partial charge < -0.3 is 5.32 Å². The van der Waals surface area contributed by atoms with Crippen molar-refractivity contribution in [1.82, 2.24) is 5.32 Å². The van der Waals surface area contributed by atoms with Gasteiger partial charge in [0.05, 0.1) is 11.9 Å². The van der Waals surface area contributed by atoms with Crippen LogP contribution in [0.5, 0.6) is 0 Å². The summed E-state index contributed by atoms with van der Waals surface area (Å²) in [6.45, 7) is 2.12. The van der Waals surface area contributed by atoms with Gasteiger partial charge in [0, 0.05) is 0 Å². The van der Waals surface area contributed by atoms with Crippen LogP contribution in [0.25, 0.3) is 43.1 Å². The Morgan fingerprint density at radius 2 is 0.696 bits per heavy atom. The Hall–Kier alpha value is -5.73. The van der Waals surface area contributed by atoms with Crippen molar-refractivity contribution >= 4 is 48.9 Å². The Morgan fingerprint density at radius 1 is 0.391 bits per heavy atom. The summed E-state index contributed by atoms with van der Waals surface area (Å²) >= 11 is 0. The number of benzene rings is 8. The van der Waals surface area contributed by atoms with Crippen molar-refractivity contribution < 1.29 is 0 Å². The van der Waals surface area contributed by atoms with E-state index in [1.165, 1.54) is 65.3 Å². The first-order valence-electron chi connectivity index (χ1n) is 16.0. The highest BCUT2D eigenvalue weighted by atomic mass is 15.0. The van der Waals surface area contributed by atoms with Gasteiger partial charge in [-0.3, -0.25) is 4.99 Å². The third kappa shape index (κ3) is 5.08. The zero-order chi connectivity index (χ0) is 30.9. The minimum Gasteiger partial charge on any atom is -0.363 e. The highest BCUT2D eigenvalue weighted by Crippen LogP contribution is 2.37. The highest BCUT2D eigenvalue weighted by molar-refractivity contribution is 5.93. The zero-order valence-corrected chi connectivity index (χ0v) is 25.8. The minimum absolute atomic E-state index is 0.110. The first-order chi connectivity index (χ1) is 22.7. The number of aliphatic imine (C=N–C) groups is 1. The van der Waals surface area contributed by atoms with Crippen molar-refractivity contribution in [3.8, 4) is 0 Å². The Balaban J connectivity index is 1.33. The molecule has 0 aliphatic carbocycles. The topological polar surface area (TPSA) is 24.4 Å². The summed E-state index contributed by atoms with van der Waals surface area (Å²) in [5, 5.41) is 13.8. The van der Waals surface area contributed by atoms with Gasteiger partial charge in [-0.15, -0.1) is 0 Å². The third-order valence-corrected chi connectivity index (χ3v) is 9.18. The average molecular weight is 591 g/mol. The standard InChI is InChI=1S/C44H34N2/c1-30(45-43(39-26-10-18-31-14-2-6-22-35(31)39)40-27-11-19-32-15-3-7-23-36(32)40)46-44(41-28-12-20-33-16-4-8-24-37(33)41)42-29-13-21-34-17-5-9-25-38(34)42/h2-29,43-44H,1H3,(H,45,46). The summed E-state index contributed by atoms with van der Waals surface area (Å²) in [6, 6.07) is 60.6. The van der Waals surface area contributed by atoms with Crippen molar-refractivity contribution in [1.29, 1.82) is 0 Å². The van der Waals surface area contributed by atoms with Crippen molar-refractivity contribution in [2.45, 2.75) is 19.0 Å². The first-order valence-corrected chi connectivity index (χ1v) is 16.0. The molecule has 0 saturated carbocycles. The van der Waals surface area contributed by atoms with Gasteiger partial charge in [-0.2, -0.15) is 0 Å². The number of nitrogens with one attached hydrogen (secondary N) is 1. The molecule has 0 aliphatic heterocycles. The molecule has 0 radical (unpaired) electrons. The zero-order valence-electron chi connectivity index (χ0n) is 25.8. The Labute approximate surface area is 269 Å². The lowest BCUT2D eigenvalue weighted by atomic mass is 9.90. The lowest BCUT2D eigenvalue weighted by Gasteiger charge is -2.25. The van der Waals surface area contributed by atoms with Crippen LogP contribution in [0.2, 0.25) is 0 Å². The third-order valence-electron chi connectivity index (χ3n) is 9.18. The quantitative estimate of drug-likeness (QED) is 0.151. The van der Waals surface area contributed by atoms with Crippen LogP contribution in [-0.4, -0.2) is 5.84 Å². The second-order valence-corrected chi connectivity index (χ2v) is 12.0. The maximum Gasteiger partial charge on any atom is 0.103 e. The Bertz CT molecular complexity index is 2210. The van der Waals surface area contributed by atoms with Gasteiger partial charge in [0.15, 0.2) is 0 Å². The highest BCUT2D eigenvalue weighted by Gasteiger charge is 2.22. The van der Waals surface area contributed by atoms with E-state index < -0.39 is 0 Å². The largest absolute Gasteiger partial charge is 0.363 e. The van der Waals surface area contributed by atoms with Gasteiger partial charge in [0.25, 0.3) is 0 Å². The summed E-state index contributed by atoms with van der Waals surface area (Å²) in [7, 11) is 0. The molecule has 0 atom stereocenters. The van der Waals surface area contributed by atoms with E-state index in [2.05, 4.69) is 182 Å². The van der Waals surface area contributed by atoms with Crippen LogP contribution in [0.1, 0.15) is 41.3 Å². The molecule has 0 unspecified atom stereocenters. The van der Waals surface area contributed by atoms with Crippen LogP contribution in [0.3, 0.4) is 0 Å². The second-order valence-electron chi connectivity index (χ2n) is 12.0. The molecule has 0 saturated heterocycles. The predicted molar refractivity (Wildman–Crippen MR) is 196 cm³/mol. The molecule has 0 fully saturated rings. The minimum atomic E-state index is -0.203. The molecule has 2 nitrogen and oxygen atoms in total. The van der Waals surface area contributed by atoms with Crippen LogP contribution >= 0.6 is 0 Å². The maximum atomic E-state index is 5.57. The molecule has 0 amide bonds. The molecule has 0 heterocycles. The Morgan fingerprint density at radius 3 is 1.09 bits per heavy atom. The summed E-state index contributed by atoms with van der Waals surface area (Å²) in [4.78, 5) is 5.57. The number of hydrogen-bond donors (Lipinski definition) is 1. The number of nitrogens with zero attached hydrogens (tertiary/aromatic N) is 1. The van der Waals surface area contributed by atoms with Gasteiger partial charge in [0.2, 0.25) is 0 Å². The molecule has 0 spiro atoms. The van der Waals surface area contributed by atoms with Crippen molar-refractivity contribution in [3.05, 3.63) is 192 Å². The van der Waals surface area contributed by atoms with E-state index in [0.29, 0.717) is 0 Å². The lowest BCUT2D eigenvalue weighted by molar-refractivity contribution is 0.756. The second kappa shape index (κ2) is 12.0. The molecular formula is C44H34N2.